The lowest BCUT2D eigenvalue weighted by atomic mass is 10.1. The molecule has 3 aromatic heterocycles. The van der Waals surface area contributed by atoms with E-state index in [1.54, 1.807) is 11.3 Å². The third-order valence-corrected chi connectivity index (χ3v) is 6.95. The van der Waals surface area contributed by atoms with Crippen molar-refractivity contribution in [3.8, 4) is 10.4 Å². The van der Waals surface area contributed by atoms with Crippen molar-refractivity contribution in [3.63, 3.8) is 0 Å². The topological polar surface area (TPSA) is 119 Å². The predicted octanol–water partition coefficient (Wildman–Crippen LogP) is 5.31. The molecule has 2 aromatic carbocycles. The highest BCUT2D eigenvalue weighted by Gasteiger charge is 2.16. The van der Waals surface area contributed by atoms with E-state index in [9.17, 15) is 13.6 Å². The highest BCUT2D eigenvalue weighted by atomic mass is 79.9. The van der Waals surface area contributed by atoms with E-state index in [0.717, 1.165) is 38.4 Å². The van der Waals surface area contributed by atoms with Crippen molar-refractivity contribution in [2.24, 2.45) is 0 Å². The first-order chi connectivity index (χ1) is 17.9. The fourth-order valence-corrected chi connectivity index (χ4v) is 4.82. The van der Waals surface area contributed by atoms with Gasteiger partial charge in [-0.25, -0.2) is 28.7 Å². The van der Waals surface area contributed by atoms with E-state index < -0.39 is 17.5 Å². The molecule has 8 nitrogen and oxygen atoms in total. The molecule has 0 bridgehead atoms. The van der Waals surface area contributed by atoms with Gasteiger partial charge in [0.2, 0.25) is 0 Å². The first kappa shape index (κ1) is 24.7. The Morgan fingerprint density at radius 1 is 1.00 bits per heavy atom. The van der Waals surface area contributed by atoms with Crippen LogP contribution in [0, 0.1) is 11.6 Å². The number of halogens is 3. The monoisotopic (exact) mass is 581 g/mol. The zero-order chi connectivity index (χ0) is 25.9. The fourth-order valence-electron chi connectivity index (χ4n) is 3.60. The Hall–Kier alpha value is -4.03. The van der Waals surface area contributed by atoms with Gasteiger partial charge in [-0.15, -0.1) is 11.3 Å². The van der Waals surface area contributed by atoms with Crippen molar-refractivity contribution >= 4 is 55.7 Å². The van der Waals surface area contributed by atoms with Crippen LogP contribution in [0.4, 0.5) is 20.4 Å². The molecule has 0 aliphatic carbocycles. The first-order valence-electron chi connectivity index (χ1n) is 11.0. The lowest BCUT2D eigenvalue weighted by Crippen LogP contribution is -2.25. The molecule has 186 valence electrons. The molecule has 0 saturated heterocycles. The van der Waals surface area contributed by atoms with Crippen molar-refractivity contribution in [2.45, 2.75) is 13.1 Å². The van der Waals surface area contributed by atoms with Crippen LogP contribution in [0.15, 0.2) is 65.7 Å². The Morgan fingerprint density at radius 2 is 1.86 bits per heavy atom. The summed E-state index contributed by atoms with van der Waals surface area (Å²) in [6.07, 6.45) is 2.92. The zero-order valence-electron chi connectivity index (χ0n) is 19.0. The van der Waals surface area contributed by atoms with Crippen molar-refractivity contribution in [1.82, 2.24) is 25.3 Å². The van der Waals surface area contributed by atoms with E-state index in [1.807, 2.05) is 30.3 Å². The summed E-state index contributed by atoms with van der Waals surface area (Å²) in [5.74, 6) is -1.73. The zero-order valence-corrected chi connectivity index (χ0v) is 21.4. The SMILES string of the molecule is Nc1ncnc2ccc(-c3ccc(CNc4ncc(Br)nc4C(=O)NCc4ccc(F)c(F)c4)s3)cc12. The summed E-state index contributed by atoms with van der Waals surface area (Å²) in [6, 6.07) is 13.3. The number of hydrogen-bond acceptors (Lipinski definition) is 8. The molecule has 37 heavy (non-hydrogen) atoms. The molecular weight excluding hydrogens is 564 g/mol. The van der Waals surface area contributed by atoms with E-state index >= 15 is 0 Å². The van der Waals surface area contributed by atoms with Gasteiger partial charge in [0.05, 0.1) is 18.3 Å². The summed E-state index contributed by atoms with van der Waals surface area (Å²) < 4.78 is 27.0. The van der Waals surface area contributed by atoms with Crippen molar-refractivity contribution < 1.29 is 13.6 Å². The third kappa shape index (κ3) is 5.54. The van der Waals surface area contributed by atoms with Gasteiger partial charge in [-0.2, -0.15) is 0 Å². The van der Waals surface area contributed by atoms with Crippen LogP contribution < -0.4 is 16.4 Å². The average Bonchev–Trinajstić information content (AvgIpc) is 3.37. The number of anilines is 2. The number of thiophene rings is 1. The Labute approximate surface area is 222 Å². The summed E-state index contributed by atoms with van der Waals surface area (Å²) in [5.41, 5.74) is 8.25. The number of amides is 1. The van der Waals surface area contributed by atoms with Gasteiger partial charge >= 0.3 is 0 Å². The molecular formula is C25H18BrF2N7OS. The van der Waals surface area contributed by atoms with Crippen molar-refractivity contribution in [3.05, 3.63) is 93.4 Å². The lowest BCUT2D eigenvalue weighted by molar-refractivity contribution is 0.0946. The van der Waals surface area contributed by atoms with Gasteiger partial charge in [0.1, 0.15) is 16.7 Å². The lowest BCUT2D eigenvalue weighted by Gasteiger charge is -2.11. The van der Waals surface area contributed by atoms with Crippen molar-refractivity contribution in [1.29, 1.82) is 0 Å². The molecule has 3 heterocycles. The van der Waals surface area contributed by atoms with E-state index in [4.69, 9.17) is 5.73 Å². The minimum absolute atomic E-state index is 0.000731. The second-order valence-electron chi connectivity index (χ2n) is 7.93. The fraction of sp³-hybridized carbons (Fsp3) is 0.0800. The normalized spacial score (nSPS) is 11.0. The predicted molar refractivity (Wildman–Crippen MR) is 142 cm³/mol. The largest absolute Gasteiger partial charge is 0.383 e. The Balaban J connectivity index is 1.29. The van der Waals surface area contributed by atoms with Crippen LogP contribution in [-0.4, -0.2) is 25.8 Å². The summed E-state index contributed by atoms with van der Waals surface area (Å²) in [6.45, 7) is 0.405. The molecule has 5 aromatic rings. The van der Waals surface area contributed by atoms with E-state index in [0.29, 0.717) is 22.5 Å². The molecule has 0 spiro atoms. The number of hydrogen-bond donors (Lipinski definition) is 3. The summed E-state index contributed by atoms with van der Waals surface area (Å²) in [4.78, 5) is 31.7. The number of nitrogens with one attached hydrogen (secondary N) is 2. The average molecular weight is 582 g/mol. The van der Waals surface area contributed by atoms with E-state index in [-0.39, 0.29) is 18.1 Å². The van der Waals surface area contributed by atoms with Crippen LogP contribution in [0.3, 0.4) is 0 Å². The molecule has 1 amide bonds. The number of fused-ring (bicyclic) bond motifs is 1. The van der Waals surface area contributed by atoms with Crippen LogP contribution in [0.1, 0.15) is 20.9 Å². The van der Waals surface area contributed by atoms with E-state index in [1.165, 1.54) is 18.6 Å². The number of benzene rings is 2. The number of aromatic nitrogens is 4. The van der Waals surface area contributed by atoms with Gasteiger partial charge in [0.25, 0.3) is 5.91 Å². The molecule has 0 atom stereocenters. The molecule has 0 fully saturated rings. The van der Waals surface area contributed by atoms with Gasteiger partial charge in [-0.1, -0.05) is 12.1 Å². The first-order valence-corrected chi connectivity index (χ1v) is 12.6. The molecule has 12 heteroatoms. The molecule has 0 aliphatic heterocycles. The molecule has 0 saturated carbocycles. The Kier molecular flexibility index (Phi) is 7.01. The van der Waals surface area contributed by atoms with Crippen LogP contribution in [0.25, 0.3) is 21.3 Å². The number of nitrogen functional groups attached to an aromatic ring is 1. The van der Waals surface area contributed by atoms with Gasteiger partial charge in [-0.05, 0) is 63.5 Å². The number of rotatable bonds is 7. The van der Waals surface area contributed by atoms with E-state index in [2.05, 4.69) is 46.5 Å². The minimum atomic E-state index is -0.979. The highest BCUT2D eigenvalue weighted by molar-refractivity contribution is 9.10. The van der Waals surface area contributed by atoms with Gasteiger partial charge < -0.3 is 16.4 Å². The number of carbonyl (C=O) groups excluding carboxylic acids is 1. The third-order valence-electron chi connectivity index (χ3n) is 5.44. The number of nitrogens with two attached hydrogens (primary N) is 1. The summed E-state index contributed by atoms with van der Waals surface area (Å²) in [7, 11) is 0. The molecule has 0 radical (unpaired) electrons. The Bertz CT molecular complexity index is 1630. The van der Waals surface area contributed by atoms with Gasteiger partial charge in [-0.3, -0.25) is 4.79 Å². The Morgan fingerprint density at radius 3 is 2.70 bits per heavy atom. The molecule has 0 aliphatic rings. The number of carbonyl (C=O) groups is 1. The maximum absolute atomic E-state index is 13.5. The number of nitrogens with zero attached hydrogens (tertiary/aromatic N) is 4. The molecule has 5 rings (SSSR count). The van der Waals surface area contributed by atoms with Gasteiger partial charge in [0, 0.05) is 21.7 Å². The van der Waals surface area contributed by atoms with Gasteiger partial charge in [0.15, 0.2) is 23.1 Å². The maximum Gasteiger partial charge on any atom is 0.274 e. The highest BCUT2D eigenvalue weighted by Crippen LogP contribution is 2.31. The van der Waals surface area contributed by atoms with Crippen LogP contribution in [-0.2, 0) is 13.1 Å². The summed E-state index contributed by atoms with van der Waals surface area (Å²) >= 11 is 4.82. The van der Waals surface area contributed by atoms with Crippen molar-refractivity contribution in [2.75, 3.05) is 11.1 Å². The summed E-state index contributed by atoms with van der Waals surface area (Å²) in [5, 5.41) is 6.61. The standard InChI is InChI=1S/C25H18BrF2N7OS/c26-21-11-31-24(22(35-21)25(36)32-9-13-1-4-17(27)18(28)7-13)30-10-15-3-6-20(37-15)14-2-5-19-16(8-14)23(29)34-12-33-19/h1-8,11-12H,9-10H2,(H,30,31)(H,32,36)(H2,29,33,34). The maximum atomic E-state index is 13.5. The van der Waals surface area contributed by atoms with Crippen LogP contribution in [0.5, 0.6) is 0 Å². The smallest absolute Gasteiger partial charge is 0.274 e. The molecule has 0 unspecified atom stereocenters. The quantitative estimate of drug-likeness (QED) is 0.238. The van der Waals surface area contributed by atoms with Crippen LogP contribution in [0.2, 0.25) is 0 Å². The van der Waals surface area contributed by atoms with Crippen LogP contribution >= 0.6 is 27.3 Å². The molecule has 4 N–H and O–H groups in total. The second-order valence-corrected chi connectivity index (χ2v) is 9.91. The second kappa shape index (κ2) is 10.5. The minimum Gasteiger partial charge on any atom is -0.383 e.